The third-order valence-corrected chi connectivity index (χ3v) is 4.49. The highest BCUT2D eigenvalue weighted by atomic mass is 16.3. The van der Waals surface area contributed by atoms with Crippen LogP contribution in [-0.2, 0) is 6.42 Å². The molecule has 2 amide bonds. The summed E-state index contributed by atoms with van der Waals surface area (Å²) in [5.41, 5.74) is 3.21. The number of urea groups is 1. The second-order valence-corrected chi connectivity index (χ2v) is 6.59. The van der Waals surface area contributed by atoms with Gasteiger partial charge >= 0.3 is 6.03 Å². The molecule has 1 aliphatic rings. The number of hydrogen-bond donors (Lipinski definition) is 2. The molecule has 3 rings (SSSR count). The van der Waals surface area contributed by atoms with E-state index in [9.17, 15) is 9.90 Å². The van der Waals surface area contributed by atoms with E-state index in [0.29, 0.717) is 13.0 Å². The number of carbonyl (C=O) groups excluding carboxylic acids is 1. The van der Waals surface area contributed by atoms with Crippen molar-refractivity contribution in [2.45, 2.75) is 38.3 Å². The molecule has 25 heavy (non-hydrogen) atoms. The SMILES string of the molecule is Cc1ccc(CC(NC(=O)N(CCO)C2CC2)c2ccccn2)cc1. The number of hydrogen-bond acceptors (Lipinski definition) is 3. The summed E-state index contributed by atoms with van der Waals surface area (Å²) in [6.07, 6.45) is 4.45. The molecule has 1 aromatic carbocycles. The smallest absolute Gasteiger partial charge is 0.318 e. The van der Waals surface area contributed by atoms with Gasteiger partial charge in [-0.25, -0.2) is 4.79 Å². The molecule has 0 spiro atoms. The molecule has 2 aromatic rings. The molecule has 5 heteroatoms. The Labute approximate surface area is 148 Å². The first-order chi connectivity index (χ1) is 12.2. The highest BCUT2D eigenvalue weighted by Gasteiger charge is 2.33. The predicted octanol–water partition coefficient (Wildman–Crippen LogP) is 2.84. The van der Waals surface area contributed by atoms with Crippen molar-refractivity contribution in [2.75, 3.05) is 13.2 Å². The summed E-state index contributed by atoms with van der Waals surface area (Å²) in [5, 5.41) is 12.4. The summed E-state index contributed by atoms with van der Waals surface area (Å²) in [4.78, 5) is 18.9. The first-order valence-electron chi connectivity index (χ1n) is 8.82. The summed E-state index contributed by atoms with van der Waals surface area (Å²) in [7, 11) is 0. The van der Waals surface area contributed by atoms with Gasteiger partial charge in [-0.2, -0.15) is 0 Å². The van der Waals surface area contributed by atoms with Crippen molar-refractivity contribution in [3.63, 3.8) is 0 Å². The van der Waals surface area contributed by atoms with Gasteiger partial charge in [-0.15, -0.1) is 0 Å². The van der Waals surface area contributed by atoms with E-state index in [-0.39, 0.29) is 24.7 Å². The highest BCUT2D eigenvalue weighted by Crippen LogP contribution is 2.27. The maximum atomic E-state index is 12.7. The number of rotatable bonds is 7. The summed E-state index contributed by atoms with van der Waals surface area (Å²) in [6.45, 7) is 2.41. The molecule has 1 aromatic heterocycles. The highest BCUT2D eigenvalue weighted by molar-refractivity contribution is 5.75. The quantitative estimate of drug-likeness (QED) is 0.815. The first kappa shape index (κ1) is 17.4. The second-order valence-electron chi connectivity index (χ2n) is 6.59. The number of nitrogens with one attached hydrogen (secondary N) is 1. The lowest BCUT2D eigenvalue weighted by Crippen LogP contribution is -2.44. The Morgan fingerprint density at radius 3 is 2.64 bits per heavy atom. The molecular formula is C20H25N3O2. The minimum absolute atomic E-state index is 0.0177. The standard InChI is InChI=1S/C20H25N3O2/c1-15-5-7-16(8-6-15)14-19(18-4-2-3-11-21-18)22-20(25)23(12-13-24)17-9-10-17/h2-8,11,17,19,24H,9-10,12-14H2,1H3,(H,22,25). The van der Waals surface area contributed by atoms with E-state index in [1.165, 1.54) is 5.56 Å². The lowest BCUT2D eigenvalue weighted by molar-refractivity contribution is 0.170. The monoisotopic (exact) mass is 339 g/mol. The average molecular weight is 339 g/mol. The summed E-state index contributed by atoms with van der Waals surface area (Å²) >= 11 is 0. The Bertz CT molecular complexity index is 684. The minimum atomic E-state index is -0.198. The van der Waals surface area contributed by atoms with Gasteiger partial charge in [0.25, 0.3) is 0 Å². The molecule has 0 aliphatic heterocycles. The van der Waals surface area contributed by atoms with Crippen molar-refractivity contribution in [3.05, 3.63) is 65.5 Å². The Morgan fingerprint density at radius 1 is 1.28 bits per heavy atom. The van der Waals surface area contributed by atoms with Crippen LogP contribution in [0.1, 0.15) is 35.7 Å². The van der Waals surface area contributed by atoms with Crippen LogP contribution >= 0.6 is 0 Å². The van der Waals surface area contributed by atoms with Crippen molar-refractivity contribution < 1.29 is 9.90 Å². The van der Waals surface area contributed by atoms with Gasteiger partial charge in [0.1, 0.15) is 0 Å². The van der Waals surface area contributed by atoms with Crippen molar-refractivity contribution in [3.8, 4) is 0 Å². The summed E-state index contributed by atoms with van der Waals surface area (Å²) < 4.78 is 0. The van der Waals surface area contributed by atoms with Crippen molar-refractivity contribution >= 4 is 6.03 Å². The number of amides is 2. The molecule has 0 saturated heterocycles. The topological polar surface area (TPSA) is 65.5 Å². The molecule has 1 atom stereocenters. The molecular weight excluding hydrogens is 314 g/mol. The average Bonchev–Trinajstić information content (AvgIpc) is 3.46. The van der Waals surface area contributed by atoms with Gasteiger partial charge in [-0.1, -0.05) is 35.9 Å². The Balaban J connectivity index is 1.76. The Morgan fingerprint density at radius 2 is 2.04 bits per heavy atom. The largest absolute Gasteiger partial charge is 0.395 e. The number of pyridine rings is 1. The van der Waals surface area contributed by atoms with Crippen LogP contribution in [0.3, 0.4) is 0 Å². The van der Waals surface area contributed by atoms with Gasteiger partial charge in [-0.3, -0.25) is 4.98 Å². The van der Waals surface area contributed by atoms with Crippen LogP contribution in [0, 0.1) is 6.92 Å². The fourth-order valence-corrected chi connectivity index (χ4v) is 2.95. The maximum Gasteiger partial charge on any atom is 0.318 e. The van der Waals surface area contributed by atoms with Crippen LogP contribution in [0.15, 0.2) is 48.7 Å². The lowest BCUT2D eigenvalue weighted by atomic mass is 10.0. The molecule has 1 fully saturated rings. The van der Waals surface area contributed by atoms with Crippen LogP contribution in [0.25, 0.3) is 0 Å². The van der Waals surface area contributed by atoms with E-state index in [2.05, 4.69) is 41.5 Å². The van der Waals surface area contributed by atoms with E-state index in [1.54, 1.807) is 11.1 Å². The number of aliphatic hydroxyl groups excluding tert-OH is 1. The summed E-state index contributed by atoms with van der Waals surface area (Å²) in [6, 6.07) is 14.0. The number of aryl methyl sites for hydroxylation is 1. The first-order valence-corrected chi connectivity index (χ1v) is 8.82. The number of carbonyl (C=O) groups is 1. The van der Waals surface area contributed by atoms with Crippen molar-refractivity contribution in [1.29, 1.82) is 0 Å². The van der Waals surface area contributed by atoms with Crippen LogP contribution in [0.4, 0.5) is 4.79 Å². The molecule has 1 heterocycles. The van der Waals surface area contributed by atoms with Crippen LogP contribution in [0.5, 0.6) is 0 Å². The third-order valence-electron chi connectivity index (χ3n) is 4.49. The van der Waals surface area contributed by atoms with Crippen LogP contribution in [-0.4, -0.2) is 40.2 Å². The molecule has 0 radical (unpaired) electrons. The van der Waals surface area contributed by atoms with Gasteiger partial charge in [0.05, 0.1) is 18.3 Å². The van der Waals surface area contributed by atoms with E-state index in [1.807, 2.05) is 18.2 Å². The summed E-state index contributed by atoms with van der Waals surface area (Å²) in [5.74, 6) is 0. The zero-order valence-corrected chi connectivity index (χ0v) is 14.6. The molecule has 1 unspecified atom stereocenters. The lowest BCUT2D eigenvalue weighted by Gasteiger charge is -2.26. The van der Waals surface area contributed by atoms with Gasteiger partial charge < -0.3 is 15.3 Å². The molecule has 0 bridgehead atoms. The third kappa shape index (κ3) is 4.79. The minimum Gasteiger partial charge on any atom is -0.395 e. The van der Waals surface area contributed by atoms with Gasteiger partial charge in [0.2, 0.25) is 0 Å². The normalized spacial score (nSPS) is 14.8. The number of nitrogens with zero attached hydrogens (tertiary/aromatic N) is 2. The fourth-order valence-electron chi connectivity index (χ4n) is 2.95. The van der Waals surface area contributed by atoms with Gasteiger partial charge in [0, 0.05) is 18.8 Å². The number of aliphatic hydroxyl groups is 1. The molecule has 1 aliphatic carbocycles. The second kappa shape index (κ2) is 8.12. The van der Waals surface area contributed by atoms with E-state index < -0.39 is 0 Å². The van der Waals surface area contributed by atoms with E-state index in [4.69, 9.17) is 0 Å². The van der Waals surface area contributed by atoms with Crippen molar-refractivity contribution in [1.82, 2.24) is 15.2 Å². The van der Waals surface area contributed by atoms with E-state index in [0.717, 1.165) is 24.1 Å². The zero-order chi connectivity index (χ0) is 17.6. The molecule has 132 valence electrons. The molecule has 1 saturated carbocycles. The molecule has 5 nitrogen and oxygen atoms in total. The van der Waals surface area contributed by atoms with Crippen molar-refractivity contribution in [2.24, 2.45) is 0 Å². The van der Waals surface area contributed by atoms with Crippen LogP contribution < -0.4 is 5.32 Å². The predicted molar refractivity (Wildman–Crippen MR) is 97.2 cm³/mol. The Hall–Kier alpha value is -2.40. The van der Waals surface area contributed by atoms with Gasteiger partial charge in [0.15, 0.2) is 0 Å². The fraction of sp³-hybridized carbons (Fsp3) is 0.400. The zero-order valence-electron chi connectivity index (χ0n) is 14.6. The number of aromatic nitrogens is 1. The maximum absolute atomic E-state index is 12.7. The van der Waals surface area contributed by atoms with E-state index >= 15 is 0 Å². The number of benzene rings is 1. The van der Waals surface area contributed by atoms with Gasteiger partial charge in [-0.05, 0) is 43.9 Å². The van der Waals surface area contributed by atoms with Crippen LogP contribution in [0.2, 0.25) is 0 Å². The Kier molecular flexibility index (Phi) is 5.66. The molecule has 2 N–H and O–H groups in total.